The number of amides is 1. The van der Waals surface area contributed by atoms with Gasteiger partial charge in [-0.25, -0.2) is 0 Å². The first-order chi connectivity index (χ1) is 14.8. The Kier molecular flexibility index (Phi) is 4.57. The second kappa shape index (κ2) is 6.97. The van der Waals surface area contributed by atoms with Gasteiger partial charge >= 0.3 is 0 Å². The first-order valence-electron chi connectivity index (χ1n) is 10.7. The Morgan fingerprint density at radius 2 is 1.74 bits per heavy atom. The van der Waals surface area contributed by atoms with E-state index in [0.717, 1.165) is 38.3 Å². The van der Waals surface area contributed by atoms with Gasteiger partial charge in [-0.05, 0) is 69.0 Å². The molecule has 1 aromatic heterocycles. The molecule has 5 rings (SSSR count). The van der Waals surface area contributed by atoms with Crippen LogP contribution in [0.2, 0.25) is 0 Å². The molecular weight excluding hydrogens is 424 g/mol. The average molecular weight is 449 g/mol. The number of aryl methyl sites for hydroxylation is 2. The van der Waals surface area contributed by atoms with Crippen LogP contribution in [0.5, 0.6) is 0 Å². The predicted molar refractivity (Wildman–Crippen MR) is 128 cm³/mol. The third-order valence-corrected chi connectivity index (χ3v) is 8.27. The first kappa shape index (κ1) is 20.3. The molecule has 0 bridgehead atoms. The smallest absolute Gasteiger partial charge is 0.294 e. The van der Waals surface area contributed by atoms with E-state index in [1.165, 1.54) is 18.4 Å². The van der Waals surface area contributed by atoms with Crippen molar-refractivity contribution in [3.05, 3.63) is 62.6 Å². The summed E-state index contributed by atoms with van der Waals surface area (Å²) in [4.78, 5) is 28.4. The van der Waals surface area contributed by atoms with E-state index in [4.69, 9.17) is 12.2 Å². The van der Waals surface area contributed by atoms with E-state index in [-0.39, 0.29) is 0 Å². The standard InChI is InChI=1S/C25H24N2O2S2/c1-5-6-7-15-8-10-16(11-9-15)27-24(30)19-17-12-14(2)13-18-20(17)26(23(29)21(18)28)25(3,4)22(19)31-27/h8-13H,5-7H2,1-4H3. The number of unbranched alkanes of at least 4 members (excludes halogenated alkanes) is 1. The molecule has 2 aliphatic heterocycles. The molecule has 3 aromatic rings. The average Bonchev–Trinajstić information content (AvgIpc) is 3.22. The zero-order valence-electron chi connectivity index (χ0n) is 18.1. The number of nitrogens with zero attached hydrogens (tertiary/aromatic N) is 2. The zero-order chi connectivity index (χ0) is 22.1. The molecule has 0 unspecified atom stereocenters. The summed E-state index contributed by atoms with van der Waals surface area (Å²) in [6.45, 7) is 8.15. The van der Waals surface area contributed by atoms with E-state index < -0.39 is 17.2 Å². The Balaban J connectivity index is 1.72. The maximum absolute atomic E-state index is 12.9. The summed E-state index contributed by atoms with van der Waals surface area (Å²) >= 11 is 7.53. The third kappa shape index (κ3) is 2.81. The quantitative estimate of drug-likeness (QED) is 0.344. The van der Waals surface area contributed by atoms with Crippen molar-refractivity contribution in [2.45, 2.75) is 52.5 Å². The summed E-state index contributed by atoms with van der Waals surface area (Å²) in [6.07, 6.45) is 3.44. The van der Waals surface area contributed by atoms with Crippen LogP contribution in [0.1, 0.15) is 60.0 Å². The Morgan fingerprint density at radius 1 is 1.06 bits per heavy atom. The minimum Gasteiger partial charge on any atom is -0.294 e. The maximum Gasteiger partial charge on any atom is 0.300 e. The Hall–Kier alpha value is -2.57. The fourth-order valence-corrected chi connectivity index (χ4v) is 6.41. The predicted octanol–water partition coefficient (Wildman–Crippen LogP) is 6.36. The van der Waals surface area contributed by atoms with Gasteiger partial charge in [0.2, 0.25) is 0 Å². The second-order valence-corrected chi connectivity index (χ2v) is 10.2. The van der Waals surface area contributed by atoms with Crippen molar-refractivity contribution in [1.29, 1.82) is 0 Å². The van der Waals surface area contributed by atoms with Crippen molar-refractivity contribution in [1.82, 2.24) is 3.96 Å². The molecular formula is C25H24N2O2S2. The summed E-state index contributed by atoms with van der Waals surface area (Å²) in [7, 11) is 0. The second-order valence-electron chi connectivity index (χ2n) is 8.90. The van der Waals surface area contributed by atoms with Gasteiger partial charge in [0.05, 0.1) is 27.4 Å². The fourth-order valence-electron chi connectivity index (χ4n) is 4.72. The van der Waals surface area contributed by atoms with E-state index in [9.17, 15) is 9.59 Å². The molecule has 0 aliphatic carbocycles. The zero-order valence-corrected chi connectivity index (χ0v) is 19.7. The number of carbonyl (C=O) groups excluding carboxylic acids is 2. The van der Waals surface area contributed by atoms with Gasteiger partial charge in [-0.2, -0.15) is 0 Å². The molecule has 0 fully saturated rings. The lowest BCUT2D eigenvalue weighted by Gasteiger charge is -2.39. The monoisotopic (exact) mass is 448 g/mol. The number of rotatable bonds is 4. The van der Waals surface area contributed by atoms with Gasteiger partial charge in [-0.15, -0.1) is 0 Å². The molecule has 0 radical (unpaired) electrons. The molecule has 4 nitrogen and oxygen atoms in total. The maximum atomic E-state index is 12.9. The SMILES string of the molecule is CCCCc1ccc(-n2sc3c(c2=S)-c2cc(C)cc4c2N(C(=O)C4=O)C3(C)C)cc1. The van der Waals surface area contributed by atoms with Crippen molar-refractivity contribution in [3.63, 3.8) is 0 Å². The van der Waals surface area contributed by atoms with E-state index in [1.54, 1.807) is 16.4 Å². The number of ketones is 1. The molecule has 31 heavy (non-hydrogen) atoms. The van der Waals surface area contributed by atoms with Gasteiger partial charge in [-0.1, -0.05) is 49.2 Å². The van der Waals surface area contributed by atoms with Crippen LogP contribution in [0.3, 0.4) is 0 Å². The number of fused-ring (bicyclic) bond motifs is 2. The molecule has 6 heteroatoms. The van der Waals surface area contributed by atoms with Crippen LogP contribution < -0.4 is 4.90 Å². The molecule has 0 atom stereocenters. The molecule has 0 saturated heterocycles. The van der Waals surface area contributed by atoms with Gasteiger partial charge in [0, 0.05) is 11.1 Å². The largest absolute Gasteiger partial charge is 0.300 e. The van der Waals surface area contributed by atoms with E-state index in [2.05, 4.69) is 35.1 Å². The summed E-state index contributed by atoms with van der Waals surface area (Å²) in [6, 6.07) is 12.5. The van der Waals surface area contributed by atoms with Crippen LogP contribution >= 0.6 is 23.8 Å². The normalized spacial score (nSPS) is 15.9. The van der Waals surface area contributed by atoms with Crippen molar-refractivity contribution in [2.75, 3.05) is 4.90 Å². The lowest BCUT2D eigenvalue weighted by molar-refractivity contribution is -0.115. The number of hydrogen-bond donors (Lipinski definition) is 0. The van der Waals surface area contributed by atoms with Crippen LogP contribution in [0, 0.1) is 11.6 Å². The summed E-state index contributed by atoms with van der Waals surface area (Å²) < 4.78 is 2.81. The number of anilines is 1. The van der Waals surface area contributed by atoms with Crippen LogP contribution in [-0.4, -0.2) is 15.6 Å². The van der Waals surface area contributed by atoms with E-state index in [1.807, 2.05) is 32.9 Å². The van der Waals surface area contributed by atoms with Crippen LogP contribution in [0.25, 0.3) is 16.8 Å². The first-order valence-corrected chi connectivity index (χ1v) is 11.8. The molecule has 0 N–H and O–H groups in total. The minimum atomic E-state index is -0.653. The molecule has 2 aliphatic rings. The van der Waals surface area contributed by atoms with Crippen LogP contribution in [-0.2, 0) is 16.8 Å². The van der Waals surface area contributed by atoms with Gasteiger partial charge in [0.15, 0.2) is 0 Å². The highest BCUT2D eigenvalue weighted by atomic mass is 32.1. The summed E-state index contributed by atoms with van der Waals surface area (Å²) in [5.74, 6) is -0.881. The van der Waals surface area contributed by atoms with Crippen molar-refractivity contribution >= 4 is 41.1 Å². The highest BCUT2D eigenvalue weighted by Gasteiger charge is 2.51. The Morgan fingerprint density at radius 3 is 2.42 bits per heavy atom. The van der Waals surface area contributed by atoms with Gasteiger partial charge < -0.3 is 0 Å². The molecule has 0 spiro atoms. The Labute approximate surface area is 191 Å². The molecule has 158 valence electrons. The lowest BCUT2D eigenvalue weighted by atomic mass is 9.87. The summed E-state index contributed by atoms with van der Waals surface area (Å²) in [5, 5.41) is 0. The van der Waals surface area contributed by atoms with Crippen LogP contribution in [0.4, 0.5) is 5.69 Å². The van der Waals surface area contributed by atoms with E-state index >= 15 is 0 Å². The number of carbonyl (C=O) groups is 2. The molecule has 3 heterocycles. The number of aromatic nitrogens is 1. The summed E-state index contributed by atoms with van der Waals surface area (Å²) in [5.41, 5.74) is 5.72. The van der Waals surface area contributed by atoms with Crippen LogP contribution in [0.15, 0.2) is 36.4 Å². The minimum absolute atomic E-state index is 0.426. The molecule has 2 aromatic carbocycles. The Bertz CT molecular complexity index is 1310. The lowest BCUT2D eigenvalue weighted by Crippen LogP contribution is -2.46. The van der Waals surface area contributed by atoms with Gasteiger partial charge in [-0.3, -0.25) is 18.4 Å². The van der Waals surface area contributed by atoms with E-state index in [0.29, 0.717) is 11.3 Å². The van der Waals surface area contributed by atoms with Crippen molar-refractivity contribution < 1.29 is 9.59 Å². The van der Waals surface area contributed by atoms with Crippen molar-refractivity contribution in [2.24, 2.45) is 0 Å². The van der Waals surface area contributed by atoms with Gasteiger partial charge in [0.25, 0.3) is 11.7 Å². The molecule has 0 saturated carbocycles. The number of Topliss-reactive ketones (excluding diaryl/α,β-unsaturated/α-hetero) is 1. The number of hydrogen-bond acceptors (Lipinski definition) is 4. The fraction of sp³-hybridized carbons (Fsp3) is 0.320. The molecule has 1 amide bonds. The number of benzene rings is 2. The third-order valence-electron chi connectivity index (χ3n) is 6.30. The topological polar surface area (TPSA) is 42.3 Å². The highest BCUT2D eigenvalue weighted by Crippen LogP contribution is 2.54. The highest BCUT2D eigenvalue weighted by molar-refractivity contribution is 7.71. The van der Waals surface area contributed by atoms with Crippen molar-refractivity contribution in [3.8, 4) is 16.8 Å². The van der Waals surface area contributed by atoms with Gasteiger partial charge in [0.1, 0.15) is 4.64 Å².